The van der Waals surface area contributed by atoms with E-state index < -0.39 is 10.8 Å². The van der Waals surface area contributed by atoms with Gasteiger partial charge in [-0.3, -0.25) is 9.19 Å². The van der Waals surface area contributed by atoms with E-state index in [4.69, 9.17) is 4.98 Å². The molecule has 0 aliphatic carbocycles. The Morgan fingerprint density at radius 3 is 2.52 bits per heavy atom. The summed E-state index contributed by atoms with van der Waals surface area (Å²) in [6.07, 6.45) is 10.5. The minimum atomic E-state index is -0.958. The van der Waals surface area contributed by atoms with Crippen molar-refractivity contribution in [1.82, 2.24) is 19.9 Å². The topological polar surface area (TPSA) is 75.1 Å². The van der Waals surface area contributed by atoms with E-state index in [9.17, 15) is 4.21 Å². The molecule has 0 saturated heterocycles. The van der Waals surface area contributed by atoms with Gasteiger partial charge in [-0.1, -0.05) is 18.2 Å². The Kier molecular flexibility index (Phi) is 5.37. The summed E-state index contributed by atoms with van der Waals surface area (Å²) in [6, 6.07) is 15.8. The fourth-order valence-electron chi connectivity index (χ4n) is 3.64. The van der Waals surface area contributed by atoms with Crippen LogP contribution in [0.5, 0.6) is 0 Å². The van der Waals surface area contributed by atoms with Crippen molar-refractivity contribution in [2.24, 2.45) is 0 Å². The first-order valence-corrected chi connectivity index (χ1v) is 11.2. The predicted octanol–water partition coefficient (Wildman–Crippen LogP) is 3.86. The van der Waals surface area contributed by atoms with Crippen LogP contribution in [-0.2, 0) is 17.3 Å². The monoisotopic (exact) mass is 428 g/mol. The molecule has 7 nitrogen and oxygen atoms in total. The van der Waals surface area contributed by atoms with Gasteiger partial charge < -0.3 is 9.80 Å². The number of anilines is 4. The van der Waals surface area contributed by atoms with E-state index in [1.165, 1.54) is 6.33 Å². The first kappa shape index (κ1) is 19.3. The molecule has 5 rings (SSSR count). The second-order valence-electron chi connectivity index (χ2n) is 7.09. The van der Waals surface area contributed by atoms with Crippen molar-refractivity contribution in [3.63, 3.8) is 0 Å². The van der Waals surface area contributed by atoms with Crippen LogP contribution in [0.25, 0.3) is 0 Å². The molecule has 4 aromatic rings. The molecule has 31 heavy (non-hydrogen) atoms. The largest absolute Gasteiger partial charge is 0.333 e. The molecule has 0 saturated carbocycles. The second-order valence-corrected chi connectivity index (χ2v) is 8.63. The summed E-state index contributed by atoms with van der Waals surface area (Å²) in [5.74, 6) is 1.45. The van der Waals surface area contributed by atoms with Crippen LogP contribution in [0.15, 0.2) is 90.7 Å². The lowest BCUT2D eigenvalue weighted by atomic mass is 10.2. The number of benzene rings is 1. The van der Waals surface area contributed by atoms with Gasteiger partial charge in [-0.15, -0.1) is 0 Å². The summed E-state index contributed by atoms with van der Waals surface area (Å²) >= 11 is 0. The molecule has 1 aliphatic rings. The van der Waals surface area contributed by atoms with E-state index in [1.807, 2.05) is 54.9 Å². The van der Waals surface area contributed by atoms with E-state index in [-0.39, 0.29) is 0 Å². The van der Waals surface area contributed by atoms with Gasteiger partial charge in [0.05, 0.1) is 51.3 Å². The summed E-state index contributed by atoms with van der Waals surface area (Å²) in [7, 11) is -0.958. The maximum atomic E-state index is 12.4. The van der Waals surface area contributed by atoms with Crippen molar-refractivity contribution in [1.29, 1.82) is 0 Å². The fourth-order valence-corrected chi connectivity index (χ4v) is 4.85. The summed E-state index contributed by atoms with van der Waals surface area (Å²) in [5.41, 5.74) is 3.84. The van der Waals surface area contributed by atoms with Gasteiger partial charge in [-0.05, 0) is 35.9 Å². The Bertz CT molecular complexity index is 1150. The molecule has 0 radical (unpaired) electrons. The first-order valence-electron chi connectivity index (χ1n) is 9.92. The van der Waals surface area contributed by atoms with Crippen molar-refractivity contribution in [2.45, 2.75) is 11.4 Å². The Hall–Kier alpha value is -3.65. The number of fused-ring (bicyclic) bond motifs is 1. The molecule has 0 N–H and O–H groups in total. The molecule has 1 unspecified atom stereocenters. The molecule has 4 heterocycles. The highest BCUT2D eigenvalue weighted by Crippen LogP contribution is 2.33. The minimum Gasteiger partial charge on any atom is -0.333 e. The van der Waals surface area contributed by atoms with Crippen LogP contribution < -0.4 is 9.80 Å². The summed E-state index contributed by atoms with van der Waals surface area (Å²) < 4.78 is 12.4. The van der Waals surface area contributed by atoms with Crippen LogP contribution in [0.3, 0.4) is 0 Å². The fraction of sp³-hybridized carbons (Fsp3) is 0.130. The highest BCUT2D eigenvalue weighted by molar-refractivity contribution is 7.85. The van der Waals surface area contributed by atoms with Crippen LogP contribution >= 0.6 is 0 Å². The second kappa shape index (κ2) is 8.61. The van der Waals surface area contributed by atoms with Crippen molar-refractivity contribution >= 4 is 33.7 Å². The third kappa shape index (κ3) is 4.02. The Labute approximate surface area is 182 Å². The molecule has 0 bridgehead atoms. The Morgan fingerprint density at radius 2 is 1.74 bits per heavy atom. The van der Waals surface area contributed by atoms with Gasteiger partial charge >= 0.3 is 0 Å². The smallest absolute Gasteiger partial charge is 0.132 e. The number of hydrogen-bond donors (Lipinski definition) is 0. The molecule has 1 aromatic carbocycles. The van der Waals surface area contributed by atoms with Crippen molar-refractivity contribution < 1.29 is 4.21 Å². The van der Waals surface area contributed by atoms with Crippen LogP contribution in [0.2, 0.25) is 0 Å². The van der Waals surface area contributed by atoms with Gasteiger partial charge in [0, 0.05) is 31.2 Å². The maximum Gasteiger partial charge on any atom is 0.132 e. The highest BCUT2D eigenvalue weighted by atomic mass is 32.2. The summed E-state index contributed by atoms with van der Waals surface area (Å²) in [4.78, 5) is 22.4. The molecule has 154 valence electrons. The van der Waals surface area contributed by atoms with Crippen LogP contribution in [0.4, 0.5) is 22.9 Å². The maximum absolute atomic E-state index is 12.4. The Balaban J connectivity index is 1.42. The highest BCUT2D eigenvalue weighted by Gasteiger charge is 2.23. The molecular weight excluding hydrogens is 408 g/mol. The molecule has 0 amide bonds. The van der Waals surface area contributed by atoms with Gasteiger partial charge in [-0.25, -0.2) is 15.0 Å². The van der Waals surface area contributed by atoms with Crippen molar-refractivity contribution in [2.75, 3.05) is 22.1 Å². The zero-order valence-corrected chi connectivity index (χ0v) is 17.5. The lowest BCUT2D eigenvalue weighted by Gasteiger charge is -2.30. The molecule has 8 heteroatoms. The van der Waals surface area contributed by atoms with Gasteiger partial charge in [-0.2, -0.15) is 0 Å². The van der Waals surface area contributed by atoms with Crippen molar-refractivity contribution in [3.05, 3.63) is 91.4 Å². The van der Waals surface area contributed by atoms with Gasteiger partial charge in [0.15, 0.2) is 0 Å². The van der Waals surface area contributed by atoms with E-state index in [2.05, 4.69) is 30.8 Å². The molecule has 3 aromatic heterocycles. The normalized spacial score (nSPS) is 15.4. The standard InChI is InChI=1S/C23H20N6OS/c30-31-11-10-28(21-5-1-2-6-22(21)31)23-8-7-18(12-27-23)16-29(19-4-3-9-24-13-19)20-14-25-17-26-15-20/h1-9,12-15,17H,10-11,16H2. The average molecular weight is 429 g/mol. The van der Waals surface area contributed by atoms with Crippen LogP contribution in [0, 0.1) is 0 Å². The lowest BCUT2D eigenvalue weighted by Crippen LogP contribution is -2.29. The molecule has 1 aliphatic heterocycles. The molecule has 0 fully saturated rings. The number of para-hydroxylation sites is 1. The van der Waals surface area contributed by atoms with Crippen LogP contribution in [0.1, 0.15) is 5.56 Å². The van der Waals surface area contributed by atoms with E-state index in [0.717, 1.165) is 33.3 Å². The summed E-state index contributed by atoms with van der Waals surface area (Å²) in [5, 5.41) is 0. The third-order valence-electron chi connectivity index (χ3n) is 5.14. The van der Waals surface area contributed by atoms with Crippen molar-refractivity contribution in [3.8, 4) is 0 Å². The van der Waals surface area contributed by atoms with E-state index in [1.54, 1.807) is 18.6 Å². The number of aromatic nitrogens is 4. The minimum absolute atomic E-state index is 0.600. The number of pyridine rings is 2. The van der Waals surface area contributed by atoms with Gasteiger partial charge in [0.2, 0.25) is 0 Å². The zero-order valence-electron chi connectivity index (χ0n) is 16.7. The third-order valence-corrected chi connectivity index (χ3v) is 6.53. The first-order chi connectivity index (χ1) is 15.3. The lowest BCUT2D eigenvalue weighted by molar-refractivity contribution is 0.679. The predicted molar refractivity (Wildman–Crippen MR) is 121 cm³/mol. The SMILES string of the molecule is O=S1CCN(c2ccc(CN(c3cccnc3)c3cncnc3)cn2)c2ccccc21. The number of rotatable bonds is 5. The quantitative estimate of drug-likeness (QED) is 0.478. The average Bonchev–Trinajstić information content (AvgIpc) is 2.85. The van der Waals surface area contributed by atoms with E-state index in [0.29, 0.717) is 18.8 Å². The molecule has 0 spiro atoms. The molecule has 1 atom stereocenters. The number of hydrogen-bond acceptors (Lipinski definition) is 7. The number of nitrogens with zero attached hydrogens (tertiary/aromatic N) is 6. The van der Waals surface area contributed by atoms with Crippen LogP contribution in [-0.4, -0.2) is 36.4 Å². The zero-order chi connectivity index (χ0) is 21.0. The Morgan fingerprint density at radius 1 is 0.903 bits per heavy atom. The molecular formula is C23H20N6OS. The summed E-state index contributed by atoms with van der Waals surface area (Å²) in [6.45, 7) is 1.28. The van der Waals surface area contributed by atoms with Gasteiger partial charge in [0.1, 0.15) is 12.1 Å². The van der Waals surface area contributed by atoms with Gasteiger partial charge in [0.25, 0.3) is 0 Å². The van der Waals surface area contributed by atoms with E-state index >= 15 is 0 Å².